The third-order valence-electron chi connectivity index (χ3n) is 3.56. The Hall–Kier alpha value is -0.770. The van der Waals surface area contributed by atoms with Crippen molar-refractivity contribution in [2.75, 3.05) is 0 Å². The number of hydrogen-bond acceptors (Lipinski definition) is 3. The van der Waals surface area contributed by atoms with Gasteiger partial charge in [0.05, 0.1) is 0 Å². The van der Waals surface area contributed by atoms with Crippen molar-refractivity contribution in [3.8, 4) is 5.75 Å². The van der Waals surface area contributed by atoms with E-state index in [2.05, 4.69) is 22.4 Å². The molecular formula is C13H17F2O3P. The standard InChI is InChI=1S/C13H17F2O3P/c1-2-10-7-8-13(16-19(17-14)18-15)12(9-10)11-5-3-4-6-11/h7-9,11H,2-6H2,1H3. The van der Waals surface area contributed by atoms with Crippen LogP contribution in [0.1, 0.15) is 49.7 Å². The van der Waals surface area contributed by atoms with Crippen LogP contribution >= 0.6 is 8.60 Å². The molecule has 0 aromatic heterocycles. The molecule has 1 aliphatic rings. The van der Waals surface area contributed by atoms with Crippen LogP contribution in [0.3, 0.4) is 0 Å². The van der Waals surface area contributed by atoms with Crippen molar-refractivity contribution in [3.05, 3.63) is 29.3 Å². The fourth-order valence-corrected chi connectivity index (χ4v) is 2.98. The zero-order chi connectivity index (χ0) is 13.7. The monoisotopic (exact) mass is 290 g/mol. The van der Waals surface area contributed by atoms with Crippen molar-refractivity contribution in [2.45, 2.75) is 44.9 Å². The lowest BCUT2D eigenvalue weighted by molar-refractivity contribution is -0.0859. The SMILES string of the molecule is CCc1ccc(OP(OF)OF)c(C2CCCC2)c1. The van der Waals surface area contributed by atoms with Crippen LogP contribution < -0.4 is 4.52 Å². The van der Waals surface area contributed by atoms with Gasteiger partial charge < -0.3 is 4.52 Å². The molecule has 0 spiro atoms. The maximum absolute atomic E-state index is 12.0. The largest absolute Gasteiger partial charge is 0.465 e. The van der Waals surface area contributed by atoms with Gasteiger partial charge in [0.15, 0.2) is 0 Å². The van der Waals surface area contributed by atoms with Crippen LogP contribution in [-0.2, 0) is 15.9 Å². The van der Waals surface area contributed by atoms with Crippen LogP contribution in [0.4, 0.5) is 9.05 Å². The highest BCUT2D eigenvalue weighted by molar-refractivity contribution is 7.41. The molecule has 1 aromatic carbocycles. The van der Waals surface area contributed by atoms with Gasteiger partial charge in [-0.25, -0.2) is 0 Å². The lowest BCUT2D eigenvalue weighted by atomic mass is 9.94. The number of benzene rings is 1. The molecule has 3 nitrogen and oxygen atoms in total. The van der Waals surface area contributed by atoms with Gasteiger partial charge in [-0.2, -0.15) is 0 Å². The van der Waals surface area contributed by atoms with E-state index in [1.54, 1.807) is 6.07 Å². The van der Waals surface area contributed by atoms with Gasteiger partial charge in [0.1, 0.15) is 5.75 Å². The second-order valence-corrected chi connectivity index (χ2v) is 5.57. The molecule has 1 aliphatic carbocycles. The molecule has 0 unspecified atom stereocenters. The molecule has 0 heterocycles. The quantitative estimate of drug-likeness (QED) is 0.664. The Balaban J connectivity index is 2.24. The Kier molecular flexibility index (Phi) is 5.49. The Morgan fingerprint density at radius 3 is 2.47 bits per heavy atom. The molecule has 1 aromatic rings. The van der Waals surface area contributed by atoms with Crippen LogP contribution in [0.5, 0.6) is 5.75 Å². The van der Waals surface area contributed by atoms with Crippen LogP contribution in [0.2, 0.25) is 0 Å². The van der Waals surface area contributed by atoms with E-state index in [9.17, 15) is 9.05 Å². The first kappa shape index (κ1) is 14.6. The van der Waals surface area contributed by atoms with Gasteiger partial charge in [0, 0.05) is 0 Å². The van der Waals surface area contributed by atoms with Crippen molar-refractivity contribution < 1.29 is 23.0 Å². The summed E-state index contributed by atoms with van der Waals surface area (Å²) in [6.07, 6.45) is 5.42. The summed E-state index contributed by atoms with van der Waals surface area (Å²) in [5.74, 6) is 0.836. The normalized spacial score (nSPS) is 16.2. The molecular weight excluding hydrogens is 273 g/mol. The Labute approximate surface area is 112 Å². The second-order valence-electron chi connectivity index (χ2n) is 4.66. The average molecular weight is 290 g/mol. The number of rotatable bonds is 6. The van der Waals surface area contributed by atoms with E-state index in [0.29, 0.717) is 11.7 Å². The first-order valence-corrected chi connectivity index (χ1v) is 7.56. The van der Waals surface area contributed by atoms with Gasteiger partial charge in [-0.3, -0.25) is 0 Å². The first-order chi connectivity index (χ1) is 9.28. The summed E-state index contributed by atoms with van der Waals surface area (Å²) in [6, 6.07) is 5.67. The number of halogens is 2. The van der Waals surface area contributed by atoms with Crippen molar-refractivity contribution in [3.63, 3.8) is 0 Å². The lowest BCUT2D eigenvalue weighted by Crippen LogP contribution is -1.99. The van der Waals surface area contributed by atoms with Crippen LogP contribution in [-0.4, -0.2) is 0 Å². The molecule has 0 N–H and O–H groups in total. The van der Waals surface area contributed by atoms with E-state index >= 15 is 0 Å². The summed E-state index contributed by atoms with van der Waals surface area (Å²) >= 11 is 0. The summed E-state index contributed by atoms with van der Waals surface area (Å²) < 4.78 is 35.8. The predicted molar refractivity (Wildman–Crippen MR) is 69.0 cm³/mol. The van der Waals surface area contributed by atoms with E-state index in [1.807, 2.05) is 6.07 Å². The van der Waals surface area contributed by atoms with Crippen LogP contribution in [0, 0.1) is 0 Å². The zero-order valence-corrected chi connectivity index (χ0v) is 11.7. The van der Waals surface area contributed by atoms with Gasteiger partial charge in [0.2, 0.25) is 0 Å². The molecule has 6 heteroatoms. The molecule has 106 valence electrons. The first-order valence-electron chi connectivity index (χ1n) is 6.46. The highest BCUT2D eigenvalue weighted by Gasteiger charge is 2.24. The molecule has 0 amide bonds. The van der Waals surface area contributed by atoms with Gasteiger partial charge in [-0.1, -0.05) is 41.4 Å². The van der Waals surface area contributed by atoms with Gasteiger partial charge in [-0.05, 0) is 51.4 Å². The molecule has 0 saturated heterocycles. The molecule has 2 rings (SSSR count). The maximum atomic E-state index is 12.0. The van der Waals surface area contributed by atoms with E-state index in [4.69, 9.17) is 4.52 Å². The van der Waals surface area contributed by atoms with Crippen molar-refractivity contribution in [1.29, 1.82) is 0 Å². The summed E-state index contributed by atoms with van der Waals surface area (Å²) in [5, 5.41) is 0. The predicted octanol–water partition coefficient (Wildman–Crippen LogP) is 5.31. The molecule has 0 bridgehead atoms. The van der Waals surface area contributed by atoms with E-state index < -0.39 is 8.60 Å². The fourth-order valence-electron chi connectivity index (χ4n) is 2.58. The number of aryl methyl sites for hydroxylation is 1. The Morgan fingerprint density at radius 1 is 1.21 bits per heavy atom. The van der Waals surface area contributed by atoms with Gasteiger partial charge >= 0.3 is 8.60 Å². The average Bonchev–Trinajstić information content (AvgIpc) is 2.98. The minimum atomic E-state index is -2.61. The Morgan fingerprint density at radius 2 is 1.89 bits per heavy atom. The lowest BCUT2D eigenvalue weighted by Gasteiger charge is -2.17. The molecule has 1 saturated carbocycles. The topological polar surface area (TPSA) is 27.7 Å². The summed E-state index contributed by atoms with van der Waals surface area (Å²) in [5.41, 5.74) is 2.18. The summed E-state index contributed by atoms with van der Waals surface area (Å²) in [4.78, 5) is 0. The minimum absolute atomic E-state index is 0.387. The van der Waals surface area contributed by atoms with Gasteiger partial charge in [0.25, 0.3) is 0 Å². The molecule has 1 fully saturated rings. The summed E-state index contributed by atoms with van der Waals surface area (Å²) in [6.45, 7) is 2.07. The van der Waals surface area contributed by atoms with E-state index in [-0.39, 0.29) is 0 Å². The fraction of sp³-hybridized carbons (Fsp3) is 0.538. The molecule has 19 heavy (non-hydrogen) atoms. The highest BCUT2D eigenvalue weighted by Crippen LogP contribution is 2.46. The van der Waals surface area contributed by atoms with Gasteiger partial charge in [-0.15, -0.1) is 0 Å². The second kappa shape index (κ2) is 7.13. The highest BCUT2D eigenvalue weighted by atomic mass is 31.2. The van der Waals surface area contributed by atoms with Crippen molar-refractivity contribution in [2.24, 2.45) is 0 Å². The molecule has 0 radical (unpaired) electrons. The van der Waals surface area contributed by atoms with Crippen molar-refractivity contribution >= 4 is 8.60 Å². The van der Waals surface area contributed by atoms with Crippen LogP contribution in [0.25, 0.3) is 0 Å². The minimum Gasteiger partial charge on any atom is -0.423 e. The number of hydrogen-bond donors (Lipinski definition) is 0. The maximum Gasteiger partial charge on any atom is 0.465 e. The molecule has 0 aliphatic heterocycles. The van der Waals surface area contributed by atoms with Crippen LogP contribution in [0.15, 0.2) is 18.2 Å². The third-order valence-corrected chi connectivity index (χ3v) is 4.13. The van der Waals surface area contributed by atoms with Crippen molar-refractivity contribution in [1.82, 2.24) is 0 Å². The Bertz CT molecular complexity index is 407. The third kappa shape index (κ3) is 3.62. The molecule has 0 atom stereocenters. The summed E-state index contributed by atoms with van der Waals surface area (Å²) in [7, 11) is -2.61. The smallest absolute Gasteiger partial charge is 0.423 e. The van der Waals surface area contributed by atoms with E-state index in [1.165, 1.54) is 18.4 Å². The van der Waals surface area contributed by atoms with E-state index in [0.717, 1.165) is 24.8 Å². The zero-order valence-electron chi connectivity index (χ0n) is 10.8.